The van der Waals surface area contributed by atoms with Crippen molar-refractivity contribution in [3.63, 3.8) is 0 Å². The summed E-state index contributed by atoms with van der Waals surface area (Å²) in [5.41, 5.74) is 3.38. The molecule has 1 aromatic carbocycles. The monoisotopic (exact) mass is 199 g/mol. The molecule has 0 spiro atoms. The number of anilines is 1. The zero-order valence-electron chi connectivity index (χ0n) is 9.33. The summed E-state index contributed by atoms with van der Waals surface area (Å²) in [7, 11) is 0. The minimum atomic E-state index is 1.11. The van der Waals surface area contributed by atoms with E-state index in [0.717, 1.165) is 17.0 Å². The average molecular weight is 199 g/mol. The Morgan fingerprint density at radius 3 is 2.40 bits per heavy atom. The number of allylic oxidation sites excluding steroid dienone is 5. The van der Waals surface area contributed by atoms with Gasteiger partial charge in [-0.1, -0.05) is 42.5 Å². The smallest absolute Gasteiger partial charge is 0.0381 e. The van der Waals surface area contributed by atoms with Gasteiger partial charge in [0.25, 0.3) is 0 Å². The lowest BCUT2D eigenvalue weighted by atomic mass is 10.2. The fraction of sp³-hybridized carbons (Fsp3) is 0.143. The lowest BCUT2D eigenvalue weighted by Crippen LogP contribution is -1.94. The van der Waals surface area contributed by atoms with Crippen LogP contribution >= 0.6 is 0 Å². The third-order valence-corrected chi connectivity index (χ3v) is 2.03. The maximum absolute atomic E-state index is 3.70. The van der Waals surface area contributed by atoms with E-state index in [9.17, 15) is 0 Å². The highest BCUT2D eigenvalue weighted by Gasteiger charge is 1.89. The molecule has 1 N–H and O–H groups in total. The van der Waals surface area contributed by atoms with Gasteiger partial charge in [0.05, 0.1) is 0 Å². The number of benzene rings is 1. The van der Waals surface area contributed by atoms with Crippen LogP contribution in [0, 0.1) is 0 Å². The first-order valence-corrected chi connectivity index (χ1v) is 5.02. The van der Waals surface area contributed by atoms with Crippen LogP contribution in [-0.2, 0) is 0 Å². The fourth-order valence-electron chi connectivity index (χ4n) is 1.12. The van der Waals surface area contributed by atoms with Gasteiger partial charge in [-0.15, -0.1) is 0 Å². The minimum absolute atomic E-state index is 1.11. The molecule has 15 heavy (non-hydrogen) atoms. The van der Waals surface area contributed by atoms with Crippen molar-refractivity contribution in [2.75, 3.05) is 5.32 Å². The number of hydrogen-bond acceptors (Lipinski definition) is 1. The maximum Gasteiger partial charge on any atom is 0.0381 e. The highest BCUT2D eigenvalue weighted by Crippen LogP contribution is 2.08. The molecular formula is C14H17N. The van der Waals surface area contributed by atoms with E-state index in [1.807, 2.05) is 62.4 Å². The zero-order valence-corrected chi connectivity index (χ0v) is 9.33. The summed E-state index contributed by atoms with van der Waals surface area (Å²) in [6.45, 7) is 7.77. The van der Waals surface area contributed by atoms with Crippen molar-refractivity contribution in [3.05, 3.63) is 66.4 Å². The van der Waals surface area contributed by atoms with Crippen molar-refractivity contribution in [2.45, 2.75) is 13.8 Å². The van der Waals surface area contributed by atoms with Crippen LogP contribution in [0.5, 0.6) is 0 Å². The van der Waals surface area contributed by atoms with E-state index in [1.54, 1.807) is 0 Å². The molecule has 0 aliphatic carbocycles. The van der Waals surface area contributed by atoms with Crippen molar-refractivity contribution in [3.8, 4) is 0 Å². The van der Waals surface area contributed by atoms with E-state index >= 15 is 0 Å². The van der Waals surface area contributed by atoms with Gasteiger partial charge in [-0.2, -0.15) is 0 Å². The molecule has 0 saturated carbocycles. The molecule has 0 radical (unpaired) electrons. The Balaban J connectivity index is 2.63. The molecule has 78 valence electrons. The highest BCUT2D eigenvalue weighted by molar-refractivity contribution is 5.48. The van der Waals surface area contributed by atoms with Gasteiger partial charge >= 0.3 is 0 Å². The second kappa shape index (κ2) is 5.86. The van der Waals surface area contributed by atoms with Crippen LogP contribution in [0.1, 0.15) is 13.8 Å². The van der Waals surface area contributed by atoms with Crippen LogP contribution in [0.2, 0.25) is 0 Å². The molecule has 1 aromatic rings. The van der Waals surface area contributed by atoms with Crippen molar-refractivity contribution < 1.29 is 0 Å². The molecule has 0 aliphatic rings. The van der Waals surface area contributed by atoms with E-state index < -0.39 is 0 Å². The Kier molecular flexibility index (Phi) is 4.42. The Morgan fingerprint density at radius 2 is 1.80 bits per heavy atom. The number of nitrogens with one attached hydrogen (secondary N) is 1. The van der Waals surface area contributed by atoms with Gasteiger partial charge in [0, 0.05) is 11.4 Å². The molecule has 0 amide bonds. The summed E-state index contributed by atoms with van der Waals surface area (Å²) in [4.78, 5) is 0. The SMILES string of the molecule is C=C/C(C)=C/C=C(\C)Nc1ccccc1. The first kappa shape index (κ1) is 11.3. The molecule has 0 unspecified atom stereocenters. The normalized spacial score (nSPS) is 12.4. The predicted octanol–water partition coefficient (Wildman–Crippen LogP) is 4.13. The average Bonchev–Trinajstić information content (AvgIpc) is 2.27. The largest absolute Gasteiger partial charge is 0.359 e. The molecule has 0 atom stereocenters. The van der Waals surface area contributed by atoms with E-state index in [2.05, 4.69) is 11.9 Å². The van der Waals surface area contributed by atoms with Crippen molar-refractivity contribution in [1.82, 2.24) is 0 Å². The van der Waals surface area contributed by atoms with Crippen LogP contribution in [0.25, 0.3) is 0 Å². The summed E-state index contributed by atoms with van der Waals surface area (Å²) in [6.07, 6.45) is 5.93. The topological polar surface area (TPSA) is 12.0 Å². The first-order chi connectivity index (χ1) is 7.22. The molecule has 1 rings (SSSR count). The van der Waals surface area contributed by atoms with Gasteiger partial charge in [0.2, 0.25) is 0 Å². The quantitative estimate of drug-likeness (QED) is 0.719. The number of hydrogen-bond donors (Lipinski definition) is 1. The summed E-state index contributed by atoms with van der Waals surface area (Å²) >= 11 is 0. The van der Waals surface area contributed by atoms with Crippen LogP contribution in [0.15, 0.2) is 66.4 Å². The second-order valence-corrected chi connectivity index (χ2v) is 3.46. The van der Waals surface area contributed by atoms with Gasteiger partial charge in [-0.3, -0.25) is 0 Å². The van der Waals surface area contributed by atoms with Crippen molar-refractivity contribution in [2.24, 2.45) is 0 Å². The van der Waals surface area contributed by atoms with Crippen molar-refractivity contribution >= 4 is 5.69 Å². The molecular weight excluding hydrogens is 182 g/mol. The minimum Gasteiger partial charge on any atom is -0.359 e. The Bertz CT molecular complexity index is 372. The molecule has 1 heteroatoms. The third kappa shape index (κ3) is 4.32. The van der Waals surface area contributed by atoms with Gasteiger partial charge < -0.3 is 5.32 Å². The van der Waals surface area contributed by atoms with Gasteiger partial charge in [-0.05, 0) is 32.1 Å². The number of para-hydroxylation sites is 1. The third-order valence-electron chi connectivity index (χ3n) is 2.03. The van der Waals surface area contributed by atoms with Crippen LogP contribution < -0.4 is 5.32 Å². The maximum atomic E-state index is 3.70. The van der Waals surface area contributed by atoms with Gasteiger partial charge in [0.1, 0.15) is 0 Å². The van der Waals surface area contributed by atoms with Crippen LogP contribution in [0.3, 0.4) is 0 Å². The van der Waals surface area contributed by atoms with Gasteiger partial charge in [0.15, 0.2) is 0 Å². The van der Waals surface area contributed by atoms with E-state index in [0.29, 0.717) is 0 Å². The predicted molar refractivity (Wildman–Crippen MR) is 67.8 cm³/mol. The lowest BCUT2D eigenvalue weighted by molar-refractivity contribution is 1.37. The highest BCUT2D eigenvalue weighted by atomic mass is 14.9. The molecule has 0 bridgehead atoms. The Hall–Kier alpha value is -1.76. The van der Waals surface area contributed by atoms with E-state index in [-0.39, 0.29) is 0 Å². The Morgan fingerprint density at radius 1 is 1.13 bits per heavy atom. The summed E-state index contributed by atoms with van der Waals surface area (Å²) in [5, 5.41) is 3.30. The van der Waals surface area contributed by atoms with Crippen LogP contribution in [-0.4, -0.2) is 0 Å². The summed E-state index contributed by atoms with van der Waals surface area (Å²) in [5.74, 6) is 0. The van der Waals surface area contributed by atoms with E-state index in [4.69, 9.17) is 0 Å². The fourth-order valence-corrected chi connectivity index (χ4v) is 1.12. The molecule has 0 saturated heterocycles. The lowest BCUT2D eigenvalue weighted by Gasteiger charge is -2.04. The molecule has 0 aliphatic heterocycles. The van der Waals surface area contributed by atoms with E-state index in [1.165, 1.54) is 0 Å². The van der Waals surface area contributed by atoms with Crippen LogP contribution in [0.4, 0.5) is 5.69 Å². The van der Waals surface area contributed by atoms with Gasteiger partial charge in [-0.25, -0.2) is 0 Å². The molecule has 0 heterocycles. The summed E-state index contributed by atoms with van der Waals surface area (Å²) in [6, 6.07) is 10.1. The zero-order chi connectivity index (χ0) is 11.1. The second-order valence-electron chi connectivity index (χ2n) is 3.46. The molecule has 1 nitrogen and oxygen atoms in total. The molecule has 0 fully saturated rings. The Labute approximate surface area is 91.8 Å². The first-order valence-electron chi connectivity index (χ1n) is 5.02. The molecule has 0 aromatic heterocycles. The van der Waals surface area contributed by atoms with Crippen molar-refractivity contribution in [1.29, 1.82) is 0 Å². The summed E-state index contributed by atoms with van der Waals surface area (Å²) < 4.78 is 0. The number of rotatable bonds is 4. The standard InChI is InChI=1S/C14H17N/c1-4-12(2)10-11-13(3)15-14-8-6-5-7-9-14/h4-11,15H,1H2,2-3H3/b12-10+,13-11+.